The van der Waals surface area contributed by atoms with Gasteiger partial charge in [0.25, 0.3) is 0 Å². The third-order valence-electron chi connectivity index (χ3n) is 5.43. The molecule has 2 N–H and O–H groups in total. The average Bonchev–Trinajstić information content (AvgIpc) is 2.62. The molecule has 1 unspecified atom stereocenters. The van der Waals surface area contributed by atoms with Crippen molar-refractivity contribution < 1.29 is 14.3 Å². The zero-order valence-electron chi connectivity index (χ0n) is 13.8. The van der Waals surface area contributed by atoms with Crippen molar-refractivity contribution in [2.24, 2.45) is 17.6 Å². The smallest absolute Gasteiger partial charge is 0.174 e. The zero-order valence-corrected chi connectivity index (χ0v) is 13.8. The molecule has 1 atom stereocenters. The Morgan fingerprint density at radius 3 is 2.79 bits per heavy atom. The van der Waals surface area contributed by atoms with E-state index in [1.165, 1.54) is 0 Å². The van der Waals surface area contributed by atoms with E-state index < -0.39 is 0 Å². The van der Waals surface area contributed by atoms with Crippen LogP contribution in [0.25, 0.3) is 10.9 Å². The molecule has 2 aliphatic rings. The van der Waals surface area contributed by atoms with Gasteiger partial charge in [0.2, 0.25) is 0 Å². The number of hydrogen-bond acceptors (Lipinski definition) is 5. The summed E-state index contributed by atoms with van der Waals surface area (Å²) in [5.74, 6) is 1.76. The van der Waals surface area contributed by atoms with Gasteiger partial charge in [0, 0.05) is 11.4 Å². The van der Waals surface area contributed by atoms with Crippen molar-refractivity contribution in [3.05, 3.63) is 30.0 Å². The van der Waals surface area contributed by atoms with E-state index in [0.717, 1.165) is 42.3 Å². The maximum absolute atomic E-state index is 13.2. The number of carbonyl (C=O) groups excluding carboxylic acids is 1. The Kier molecular flexibility index (Phi) is 3.88. The van der Waals surface area contributed by atoms with E-state index in [1.54, 1.807) is 13.3 Å². The highest BCUT2D eigenvalue weighted by atomic mass is 16.5. The number of fused-ring (bicyclic) bond motifs is 3. The number of benzene rings is 1. The zero-order chi connectivity index (χ0) is 16.7. The summed E-state index contributed by atoms with van der Waals surface area (Å²) in [6, 6.07) is 5.89. The first-order chi connectivity index (χ1) is 11.7. The van der Waals surface area contributed by atoms with Crippen molar-refractivity contribution in [3.63, 3.8) is 0 Å². The van der Waals surface area contributed by atoms with Crippen LogP contribution in [-0.4, -0.2) is 30.5 Å². The SMILES string of the molecule is COc1ccc2ncc3c(c2c1)C(=O)C(C1CCC(N)CC1)CO3. The van der Waals surface area contributed by atoms with Crippen molar-refractivity contribution in [3.8, 4) is 11.5 Å². The summed E-state index contributed by atoms with van der Waals surface area (Å²) in [4.78, 5) is 17.6. The second-order valence-corrected chi connectivity index (χ2v) is 6.84. The summed E-state index contributed by atoms with van der Waals surface area (Å²) >= 11 is 0. The number of ketones is 1. The van der Waals surface area contributed by atoms with Crippen LogP contribution in [0.3, 0.4) is 0 Å². The van der Waals surface area contributed by atoms with Crippen LogP contribution in [0.1, 0.15) is 36.0 Å². The molecule has 1 aliphatic carbocycles. The first kappa shape index (κ1) is 15.4. The largest absolute Gasteiger partial charge is 0.497 e. The van der Waals surface area contributed by atoms with Gasteiger partial charge in [-0.15, -0.1) is 0 Å². The normalized spacial score (nSPS) is 26.8. The van der Waals surface area contributed by atoms with Gasteiger partial charge in [-0.05, 0) is 49.8 Å². The fraction of sp³-hybridized carbons (Fsp3) is 0.474. The van der Waals surface area contributed by atoms with Gasteiger partial charge in [-0.25, -0.2) is 0 Å². The lowest BCUT2D eigenvalue weighted by molar-refractivity contribution is 0.0705. The fourth-order valence-corrected chi connectivity index (χ4v) is 3.98. The number of Topliss-reactive ketones (excluding diaryl/α,β-unsaturated/α-hetero) is 1. The summed E-state index contributed by atoms with van der Waals surface area (Å²) in [7, 11) is 1.62. The lowest BCUT2D eigenvalue weighted by Gasteiger charge is -2.34. The van der Waals surface area contributed by atoms with E-state index in [1.807, 2.05) is 18.2 Å². The van der Waals surface area contributed by atoms with Crippen molar-refractivity contribution in [2.45, 2.75) is 31.7 Å². The summed E-state index contributed by atoms with van der Waals surface area (Å²) in [5, 5.41) is 0.814. The van der Waals surface area contributed by atoms with Crippen LogP contribution in [0.5, 0.6) is 11.5 Å². The quantitative estimate of drug-likeness (QED) is 0.918. The van der Waals surface area contributed by atoms with E-state index in [9.17, 15) is 4.79 Å². The molecule has 5 heteroatoms. The topological polar surface area (TPSA) is 74.4 Å². The Labute approximate surface area is 141 Å². The first-order valence-electron chi connectivity index (χ1n) is 8.56. The van der Waals surface area contributed by atoms with Gasteiger partial charge in [-0.3, -0.25) is 9.78 Å². The molecule has 24 heavy (non-hydrogen) atoms. The van der Waals surface area contributed by atoms with Crippen molar-refractivity contribution >= 4 is 16.7 Å². The molecule has 0 saturated heterocycles. The Morgan fingerprint density at radius 1 is 1.25 bits per heavy atom. The van der Waals surface area contributed by atoms with Gasteiger partial charge < -0.3 is 15.2 Å². The van der Waals surface area contributed by atoms with E-state index in [2.05, 4.69) is 4.98 Å². The Bertz CT molecular complexity index is 776. The van der Waals surface area contributed by atoms with Crippen molar-refractivity contribution in [1.82, 2.24) is 4.98 Å². The van der Waals surface area contributed by atoms with Gasteiger partial charge in [-0.1, -0.05) is 0 Å². The molecule has 1 aromatic carbocycles. The van der Waals surface area contributed by atoms with Crippen LogP contribution in [0.15, 0.2) is 24.4 Å². The predicted molar refractivity (Wildman–Crippen MR) is 91.5 cm³/mol. The molecule has 0 radical (unpaired) electrons. The molecule has 1 aliphatic heterocycles. The van der Waals surface area contributed by atoms with Gasteiger partial charge in [0.15, 0.2) is 5.78 Å². The maximum atomic E-state index is 13.2. The molecule has 5 nitrogen and oxygen atoms in total. The fourth-order valence-electron chi connectivity index (χ4n) is 3.98. The van der Waals surface area contributed by atoms with Crippen LogP contribution in [-0.2, 0) is 0 Å². The lowest BCUT2D eigenvalue weighted by atomic mass is 9.75. The van der Waals surface area contributed by atoms with Crippen LogP contribution < -0.4 is 15.2 Å². The van der Waals surface area contributed by atoms with Gasteiger partial charge in [-0.2, -0.15) is 0 Å². The third kappa shape index (κ3) is 2.53. The van der Waals surface area contributed by atoms with Crippen LogP contribution in [0.4, 0.5) is 0 Å². The van der Waals surface area contributed by atoms with Crippen LogP contribution >= 0.6 is 0 Å². The third-order valence-corrected chi connectivity index (χ3v) is 5.43. The number of nitrogens with two attached hydrogens (primary N) is 1. The van der Waals surface area contributed by atoms with Gasteiger partial charge in [0.05, 0.1) is 36.9 Å². The standard InChI is InChI=1S/C19H22N2O3/c1-23-13-6-7-16-14(8-13)18-17(9-21-16)24-10-15(19(18)22)11-2-4-12(20)5-3-11/h6-9,11-12,15H,2-5,10,20H2,1H3. The molecule has 4 rings (SSSR count). The molecule has 0 spiro atoms. The highest BCUT2D eigenvalue weighted by Crippen LogP contribution is 2.39. The van der Waals surface area contributed by atoms with Crippen LogP contribution in [0.2, 0.25) is 0 Å². The molecule has 2 heterocycles. The Hall–Kier alpha value is -2.14. The van der Waals surface area contributed by atoms with E-state index in [4.69, 9.17) is 15.2 Å². The summed E-state index contributed by atoms with van der Waals surface area (Å²) < 4.78 is 11.2. The molecular weight excluding hydrogens is 304 g/mol. The summed E-state index contributed by atoms with van der Waals surface area (Å²) in [6.45, 7) is 0.447. The first-order valence-corrected chi connectivity index (χ1v) is 8.56. The maximum Gasteiger partial charge on any atom is 0.174 e. The molecule has 0 bridgehead atoms. The Morgan fingerprint density at radius 2 is 2.04 bits per heavy atom. The molecule has 2 aromatic rings. The predicted octanol–water partition coefficient (Wildman–Crippen LogP) is 2.95. The number of rotatable bonds is 2. The van der Waals surface area contributed by atoms with Crippen molar-refractivity contribution in [1.29, 1.82) is 0 Å². The summed E-state index contributed by atoms with van der Waals surface area (Å²) in [6.07, 6.45) is 5.65. The van der Waals surface area contributed by atoms with E-state index >= 15 is 0 Å². The lowest BCUT2D eigenvalue weighted by Crippen LogP contribution is -2.38. The highest BCUT2D eigenvalue weighted by Gasteiger charge is 2.37. The minimum Gasteiger partial charge on any atom is -0.497 e. The Balaban J connectivity index is 1.74. The number of pyridine rings is 1. The molecule has 1 aromatic heterocycles. The van der Waals surface area contributed by atoms with Gasteiger partial charge >= 0.3 is 0 Å². The number of carbonyl (C=O) groups is 1. The molecule has 0 amide bonds. The number of ether oxygens (including phenoxy) is 2. The van der Waals surface area contributed by atoms with Crippen molar-refractivity contribution in [2.75, 3.05) is 13.7 Å². The minimum absolute atomic E-state index is 0.0817. The molecule has 126 valence electrons. The minimum atomic E-state index is -0.0817. The number of hydrogen-bond donors (Lipinski definition) is 1. The summed E-state index contributed by atoms with van der Waals surface area (Å²) in [5.41, 5.74) is 7.45. The molecule has 1 fully saturated rings. The van der Waals surface area contributed by atoms with E-state index in [-0.39, 0.29) is 17.7 Å². The van der Waals surface area contributed by atoms with Gasteiger partial charge in [0.1, 0.15) is 11.5 Å². The molecule has 1 saturated carbocycles. The number of nitrogens with zero attached hydrogens (tertiary/aromatic N) is 1. The second-order valence-electron chi connectivity index (χ2n) is 6.84. The number of methoxy groups -OCH3 is 1. The average molecular weight is 326 g/mol. The monoisotopic (exact) mass is 326 g/mol. The van der Waals surface area contributed by atoms with Crippen LogP contribution in [0, 0.1) is 11.8 Å². The molecular formula is C19H22N2O3. The van der Waals surface area contributed by atoms with E-state index in [0.29, 0.717) is 23.8 Å². The number of aromatic nitrogens is 1. The highest BCUT2D eigenvalue weighted by molar-refractivity contribution is 6.11. The second kappa shape index (κ2) is 6.06.